The van der Waals surface area contributed by atoms with E-state index in [0.29, 0.717) is 198 Å². The summed E-state index contributed by atoms with van der Waals surface area (Å²) in [4.78, 5) is 11.4. The van der Waals surface area contributed by atoms with Crippen molar-refractivity contribution in [3.05, 3.63) is 0 Å². The highest BCUT2D eigenvalue weighted by atomic mass is 16.6. The Morgan fingerprint density at radius 1 is 0.309 bits per heavy atom. The van der Waals surface area contributed by atoms with Gasteiger partial charge in [-0.2, -0.15) is 0 Å². The minimum absolute atomic E-state index is 0.0626. The van der Waals surface area contributed by atoms with Gasteiger partial charge in [-0.05, 0) is 6.42 Å². The molecule has 0 fully saturated rings. The molecule has 2 N–H and O–H groups in total. The summed E-state index contributed by atoms with van der Waals surface area (Å²) in [7, 11) is 0. The SMILES string of the molecule is CCCCCCCCCCCCOCCOCCOCCOCCOCCOCCOCCOCCOCCOCCOCCOCCOCCOCCOCCOCCC(=O)OCC(O)CO. The number of rotatable bonds is 62. The fourth-order valence-electron chi connectivity index (χ4n) is 5.56. The lowest BCUT2D eigenvalue weighted by Gasteiger charge is -2.09. The standard InChI is InChI=1S/C48H96O20/c1-2-3-4-5-6-7-8-9-10-11-13-52-15-17-54-19-21-56-23-25-58-27-29-60-31-33-62-35-37-64-39-41-66-43-44-67-42-40-65-38-36-63-34-32-61-30-28-59-26-24-57-22-20-55-18-16-53-14-12-48(51)68-46-47(50)45-49/h47,49-50H,2-46H2,1H3. The van der Waals surface area contributed by atoms with Gasteiger partial charge in [0, 0.05) is 6.61 Å². The quantitative estimate of drug-likeness (QED) is 0.0660. The zero-order chi connectivity index (χ0) is 49.0. The van der Waals surface area contributed by atoms with Crippen LogP contribution in [0.15, 0.2) is 0 Å². The first-order valence-corrected chi connectivity index (χ1v) is 25.4. The molecule has 0 rings (SSSR count). The topological polar surface area (TPSA) is 214 Å². The number of hydrogen-bond acceptors (Lipinski definition) is 20. The van der Waals surface area contributed by atoms with Crippen LogP contribution in [0, 0.1) is 0 Å². The summed E-state index contributed by atoms with van der Waals surface area (Å²) in [6.45, 7) is 17.2. The van der Waals surface area contributed by atoms with E-state index in [2.05, 4.69) is 6.92 Å². The first-order chi connectivity index (χ1) is 33.7. The van der Waals surface area contributed by atoms with E-state index in [-0.39, 0.29) is 19.6 Å². The normalized spacial score (nSPS) is 12.1. The lowest BCUT2D eigenvalue weighted by molar-refractivity contribution is -0.148. The molecular formula is C48H96O20. The number of aliphatic hydroxyl groups is 2. The van der Waals surface area contributed by atoms with Crippen LogP contribution < -0.4 is 0 Å². The third kappa shape index (κ3) is 60.9. The molecule has 0 aromatic heterocycles. The highest BCUT2D eigenvalue weighted by Crippen LogP contribution is 2.10. The highest BCUT2D eigenvalue weighted by Gasteiger charge is 2.08. The van der Waals surface area contributed by atoms with Gasteiger partial charge in [0.1, 0.15) is 12.7 Å². The minimum atomic E-state index is -1.06. The minimum Gasteiger partial charge on any atom is -0.463 e. The van der Waals surface area contributed by atoms with Crippen molar-refractivity contribution in [1.29, 1.82) is 0 Å². The first kappa shape index (κ1) is 66.8. The Morgan fingerprint density at radius 2 is 0.515 bits per heavy atom. The summed E-state index contributed by atoms with van der Waals surface area (Å²) in [5.74, 6) is -0.498. The molecular weight excluding hydrogens is 897 g/mol. The number of aliphatic hydroxyl groups excluding tert-OH is 2. The average Bonchev–Trinajstić information content (AvgIpc) is 3.35. The van der Waals surface area contributed by atoms with Gasteiger partial charge in [0.05, 0.1) is 218 Å². The average molecular weight is 993 g/mol. The molecule has 0 saturated carbocycles. The third-order valence-corrected chi connectivity index (χ3v) is 9.32. The van der Waals surface area contributed by atoms with Crippen molar-refractivity contribution < 1.29 is 95.5 Å². The van der Waals surface area contributed by atoms with Gasteiger partial charge in [0.25, 0.3) is 0 Å². The second-order valence-electron chi connectivity index (χ2n) is 15.2. The zero-order valence-electron chi connectivity index (χ0n) is 42.1. The molecule has 0 bridgehead atoms. The van der Waals surface area contributed by atoms with Crippen LogP contribution in [0.3, 0.4) is 0 Å². The predicted molar refractivity (Wildman–Crippen MR) is 254 cm³/mol. The van der Waals surface area contributed by atoms with Gasteiger partial charge < -0.3 is 90.7 Å². The summed E-state index contributed by atoms with van der Waals surface area (Å²) >= 11 is 0. The number of unbranched alkanes of at least 4 members (excludes halogenated alkanes) is 9. The highest BCUT2D eigenvalue weighted by molar-refractivity contribution is 5.69. The van der Waals surface area contributed by atoms with E-state index in [4.69, 9.17) is 90.7 Å². The summed E-state index contributed by atoms with van der Waals surface area (Å²) in [6.07, 6.45) is 12.3. The summed E-state index contributed by atoms with van der Waals surface area (Å²) < 4.78 is 92.7. The van der Waals surface area contributed by atoms with Crippen LogP contribution in [0.1, 0.15) is 77.6 Å². The largest absolute Gasteiger partial charge is 0.463 e. The van der Waals surface area contributed by atoms with Crippen LogP contribution in [0.2, 0.25) is 0 Å². The smallest absolute Gasteiger partial charge is 0.308 e. The lowest BCUT2D eigenvalue weighted by Crippen LogP contribution is -2.22. The van der Waals surface area contributed by atoms with Crippen LogP contribution in [0.4, 0.5) is 0 Å². The molecule has 0 heterocycles. The summed E-state index contributed by atoms with van der Waals surface area (Å²) in [6, 6.07) is 0. The first-order valence-electron chi connectivity index (χ1n) is 25.4. The molecule has 68 heavy (non-hydrogen) atoms. The van der Waals surface area contributed by atoms with Gasteiger partial charge in [-0.1, -0.05) is 64.7 Å². The molecule has 20 heteroatoms. The molecule has 1 atom stereocenters. The Hall–Kier alpha value is -1.25. The molecule has 0 amide bonds. The molecule has 0 aliphatic heterocycles. The van der Waals surface area contributed by atoms with E-state index >= 15 is 0 Å². The van der Waals surface area contributed by atoms with Gasteiger partial charge in [0.2, 0.25) is 0 Å². The Balaban J connectivity index is 3.09. The molecule has 1 unspecified atom stereocenters. The maximum atomic E-state index is 11.4. The van der Waals surface area contributed by atoms with Crippen molar-refractivity contribution in [2.24, 2.45) is 0 Å². The second-order valence-corrected chi connectivity index (χ2v) is 15.2. The zero-order valence-corrected chi connectivity index (χ0v) is 42.1. The van der Waals surface area contributed by atoms with Gasteiger partial charge in [-0.25, -0.2) is 0 Å². The van der Waals surface area contributed by atoms with Gasteiger partial charge in [-0.15, -0.1) is 0 Å². The van der Waals surface area contributed by atoms with Crippen LogP contribution >= 0.6 is 0 Å². The Kier molecular flexibility index (Phi) is 60.7. The molecule has 20 nitrogen and oxygen atoms in total. The Labute approximate surface area is 409 Å². The fraction of sp³-hybridized carbons (Fsp3) is 0.979. The molecule has 0 aliphatic rings. The van der Waals surface area contributed by atoms with E-state index in [0.717, 1.165) is 13.0 Å². The van der Waals surface area contributed by atoms with E-state index in [1.807, 2.05) is 0 Å². The van der Waals surface area contributed by atoms with Gasteiger partial charge >= 0.3 is 5.97 Å². The van der Waals surface area contributed by atoms with E-state index < -0.39 is 18.7 Å². The molecule has 0 saturated heterocycles. The molecule has 408 valence electrons. The van der Waals surface area contributed by atoms with E-state index in [1.165, 1.54) is 57.8 Å². The molecule has 0 radical (unpaired) electrons. The number of esters is 1. The Bertz CT molecular complexity index is 929. The number of carbonyl (C=O) groups is 1. The van der Waals surface area contributed by atoms with Crippen LogP contribution in [-0.2, 0) is 85.3 Å². The fourth-order valence-corrected chi connectivity index (χ4v) is 5.56. The van der Waals surface area contributed by atoms with Gasteiger partial charge in [0.15, 0.2) is 0 Å². The van der Waals surface area contributed by atoms with Crippen molar-refractivity contribution in [3.63, 3.8) is 0 Å². The molecule has 0 aromatic carbocycles. The monoisotopic (exact) mass is 993 g/mol. The van der Waals surface area contributed by atoms with Crippen LogP contribution in [-0.4, -0.2) is 247 Å². The summed E-state index contributed by atoms with van der Waals surface area (Å²) in [5, 5.41) is 17.8. The van der Waals surface area contributed by atoms with Crippen molar-refractivity contribution in [3.8, 4) is 0 Å². The maximum Gasteiger partial charge on any atom is 0.308 e. The van der Waals surface area contributed by atoms with Crippen molar-refractivity contribution in [1.82, 2.24) is 0 Å². The van der Waals surface area contributed by atoms with Crippen molar-refractivity contribution >= 4 is 5.97 Å². The molecule has 0 aliphatic carbocycles. The van der Waals surface area contributed by atoms with Crippen LogP contribution in [0.5, 0.6) is 0 Å². The van der Waals surface area contributed by atoms with E-state index in [1.54, 1.807) is 0 Å². The second kappa shape index (κ2) is 61.9. The van der Waals surface area contributed by atoms with Crippen molar-refractivity contribution in [2.75, 3.05) is 225 Å². The van der Waals surface area contributed by atoms with E-state index in [9.17, 15) is 4.79 Å². The predicted octanol–water partition coefficient (Wildman–Crippen LogP) is 3.46. The molecule has 0 spiro atoms. The summed E-state index contributed by atoms with van der Waals surface area (Å²) in [5.41, 5.74) is 0. The van der Waals surface area contributed by atoms with Gasteiger partial charge in [-0.3, -0.25) is 4.79 Å². The third-order valence-electron chi connectivity index (χ3n) is 9.32. The lowest BCUT2D eigenvalue weighted by atomic mass is 10.1. The number of hydrogen-bond donors (Lipinski definition) is 2. The maximum absolute atomic E-state index is 11.4. The molecule has 0 aromatic rings. The van der Waals surface area contributed by atoms with Crippen LogP contribution in [0.25, 0.3) is 0 Å². The number of carbonyl (C=O) groups excluding carboxylic acids is 1. The Morgan fingerprint density at radius 3 is 0.750 bits per heavy atom. The number of ether oxygens (including phenoxy) is 17. The van der Waals surface area contributed by atoms with Crippen molar-refractivity contribution in [2.45, 2.75) is 83.7 Å².